The second-order valence-electron chi connectivity index (χ2n) is 6.03. The highest BCUT2D eigenvalue weighted by Crippen LogP contribution is 2.16. The number of carbonyl (C=O) groups is 2. The summed E-state index contributed by atoms with van der Waals surface area (Å²) in [6, 6.07) is 6.48. The van der Waals surface area contributed by atoms with E-state index in [9.17, 15) is 14.4 Å². The SMILES string of the molecule is CCOC(=O)N1CCC(NC(=O)c2ccc(-c3ccco3)[nH]c2=O)CC1. The molecule has 3 rings (SSSR count). The first-order valence-corrected chi connectivity index (χ1v) is 8.58. The lowest BCUT2D eigenvalue weighted by atomic mass is 10.0. The normalized spacial score (nSPS) is 14.9. The highest BCUT2D eigenvalue weighted by atomic mass is 16.6. The molecule has 0 saturated carbocycles. The number of nitrogens with one attached hydrogen (secondary N) is 2. The van der Waals surface area contributed by atoms with Gasteiger partial charge in [-0.25, -0.2) is 4.79 Å². The fourth-order valence-electron chi connectivity index (χ4n) is 2.91. The van der Waals surface area contributed by atoms with Gasteiger partial charge in [0, 0.05) is 19.1 Å². The van der Waals surface area contributed by atoms with Gasteiger partial charge in [-0.1, -0.05) is 0 Å². The standard InChI is InChI=1S/C18H21N3O5/c1-2-25-18(24)21-9-7-12(8-10-21)19-16(22)13-5-6-14(20-17(13)23)15-4-3-11-26-15/h3-6,11-12H,2,7-10H2,1H3,(H,19,22)(H,20,23). The maximum Gasteiger partial charge on any atom is 0.409 e. The number of nitrogens with zero attached hydrogens (tertiary/aromatic N) is 1. The van der Waals surface area contributed by atoms with E-state index in [1.807, 2.05) is 0 Å². The molecule has 2 amide bonds. The number of hydrogen-bond donors (Lipinski definition) is 2. The summed E-state index contributed by atoms with van der Waals surface area (Å²) in [4.78, 5) is 40.6. The van der Waals surface area contributed by atoms with Gasteiger partial charge in [-0.2, -0.15) is 0 Å². The number of H-pyrrole nitrogens is 1. The van der Waals surface area contributed by atoms with Crippen LogP contribution in [0.5, 0.6) is 0 Å². The van der Waals surface area contributed by atoms with E-state index >= 15 is 0 Å². The van der Waals surface area contributed by atoms with Crippen molar-refractivity contribution in [3.8, 4) is 11.5 Å². The van der Waals surface area contributed by atoms with E-state index in [1.54, 1.807) is 30.0 Å². The summed E-state index contributed by atoms with van der Waals surface area (Å²) < 4.78 is 10.2. The molecule has 0 radical (unpaired) electrons. The second kappa shape index (κ2) is 7.90. The van der Waals surface area contributed by atoms with Crippen molar-refractivity contribution in [2.24, 2.45) is 0 Å². The molecule has 0 aliphatic carbocycles. The Morgan fingerprint density at radius 1 is 1.31 bits per heavy atom. The van der Waals surface area contributed by atoms with Crippen LogP contribution in [-0.4, -0.2) is 47.6 Å². The first-order chi connectivity index (χ1) is 12.6. The number of aromatic nitrogens is 1. The summed E-state index contributed by atoms with van der Waals surface area (Å²) in [5, 5.41) is 2.86. The number of pyridine rings is 1. The number of hydrogen-bond acceptors (Lipinski definition) is 5. The number of likely N-dealkylation sites (tertiary alicyclic amines) is 1. The van der Waals surface area contributed by atoms with Gasteiger partial charge in [0.05, 0.1) is 18.6 Å². The molecule has 0 unspecified atom stereocenters. The molecule has 0 bridgehead atoms. The van der Waals surface area contributed by atoms with Crippen molar-refractivity contribution in [2.45, 2.75) is 25.8 Å². The number of furan rings is 1. The van der Waals surface area contributed by atoms with Crippen LogP contribution in [0.2, 0.25) is 0 Å². The Hall–Kier alpha value is -3.03. The molecule has 8 nitrogen and oxygen atoms in total. The van der Waals surface area contributed by atoms with Gasteiger partial charge >= 0.3 is 6.09 Å². The lowest BCUT2D eigenvalue weighted by Crippen LogP contribution is -2.47. The Kier molecular flexibility index (Phi) is 5.40. The third kappa shape index (κ3) is 3.96. The van der Waals surface area contributed by atoms with Gasteiger partial charge in [0.1, 0.15) is 11.3 Å². The molecule has 1 saturated heterocycles. The van der Waals surface area contributed by atoms with Crippen molar-refractivity contribution < 1.29 is 18.7 Å². The number of rotatable bonds is 4. The lowest BCUT2D eigenvalue weighted by Gasteiger charge is -2.31. The molecule has 1 fully saturated rings. The van der Waals surface area contributed by atoms with Gasteiger partial charge in [-0.05, 0) is 44.0 Å². The quantitative estimate of drug-likeness (QED) is 0.869. The number of amides is 2. The predicted molar refractivity (Wildman–Crippen MR) is 93.8 cm³/mol. The van der Waals surface area contributed by atoms with Gasteiger partial charge in [-0.15, -0.1) is 0 Å². The third-order valence-electron chi connectivity index (χ3n) is 4.30. The van der Waals surface area contributed by atoms with Crippen molar-refractivity contribution >= 4 is 12.0 Å². The highest BCUT2D eigenvalue weighted by molar-refractivity contribution is 5.94. The average molecular weight is 359 g/mol. The van der Waals surface area contributed by atoms with Crippen molar-refractivity contribution in [2.75, 3.05) is 19.7 Å². The molecule has 138 valence electrons. The van der Waals surface area contributed by atoms with Gasteiger partial charge in [-0.3, -0.25) is 9.59 Å². The van der Waals surface area contributed by atoms with Crippen LogP contribution in [0.25, 0.3) is 11.5 Å². The van der Waals surface area contributed by atoms with E-state index in [1.165, 1.54) is 12.3 Å². The van der Waals surface area contributed by atoms with Crippen LogP contribution >= 0.6 is 0 Å². The van der Waals surface area contributed by atoms with E-state index in [0.717, 1.165) is 0 Å². The zero-order valence-corrected chi connectivity index (χ0v) is 14.5. The summed E-state index contributed by atoms with van der Waals surface area (Å²) in [7, 11) is 0. The van der Waals surface area contributed by atoms with Crippen molar-refractivity contribution in [3.63, 3.8) is 0 Å². The number of piperidine rings is 1. The lowest BCUT2D eigenvalue weighted by molar-refractivity contribution is 0.0859. The number of carbonyl (C=O) groups excluding carboxylic acids is 2. The molecule has 1 aliphatic rings. The zero-order chi connectivity index (χ0) is 18.5. The Balaban J connectivity index is 1.59. The Labute approximate surface area is 150 Å². The summed E-state index contributed by atoms with van der Waals surface area (Å²) in [5.41, 5.74) is 0.0905. The first kappa shape index (κ1) is 17.8. The van der Waals surface area contributed by atoms with Crippen LogP contribution in [-0.2, 0) is 4.74 Å². The molecule has 2 aromatic rings. The molecule has 0 aromatic carbocycles. The van der Waals surface area contributed by atoms with Gasteiger partial charge in [0.15, 0.2) is 0 Å². The minimum Gasteiger partial charge on any atom is -0.463 e. The molecule has 8 heteroatoms. The largest absolute Gasteiger partial charge is 0.463 e. The van der Waals surface area contributed by atoms with E-state index in [0.29, 0.717) is 44.0 Å². The fraction of sp³-hybridized carbons (Fsp3) is 0.389. The molecular weight excluding hydrogens is 338 g/mol. The van der Waals surface area contributed by atoms with E-state index in [4.69, 9.17) is 9.15 Å². The van der Waals surface area contributed by atoms with Crippen molar-refractivity contribution in [1.29, 1.82) is 0 Å². The van der Waals surface area contributed by atoms with Crippen LogP contribution in [0.3, 0.4) is 0 Å². The van der Waals surface area contributed by atoms with Crippen LogP contribution in [0, 0.1) is 0 Å². The highest BCUT2D eigenvalue weighted by Gasteiger charge is 2.25. The Morgan fingerprint density at radius 3 is 2.69 bits per heavy atom. The summed E-state index contributed by atoms with van der Waals surface area (Å²) in [6.45, 7) is 3.13. The topological polar surface area (TPSA) is 105 Å². The maximum atomic E-state index is 12.4. The van der Waals surface area contributed by atoms with Crippen LogP contribution < -0.4 is 10.9 Å². The Bertz CT molecular complexity index is 820. The summed E-state index contributed by atoms with van der Waals surface area (Å²) >= 11 is 0. The Morgan fingerprint density at radius 2 is 2.08 bits per heavy atom. The van der Waals surface area contributed by atoms with E-state index < -0.39 is 11.5 Å². The number of ether oxygens (including phenoxy) is 1. The maximum absolute atomic E-state index is 12.4. The zero-order valence-electron chi connectivity index (χ0n) is 14.5. The molecule has 2 aromatic heterocycles. The van der Waals surface area contributed by atoms with Crippen molar-refractivity contribution in [3.05, 3.63) is 46.4 Å². The van der Waals surface area contributed by atoms with Crippen LogP contribution in [0.1, 0.15) is 30.1 Å². The third-order valence-corrected chi connectivity index (χ3v) is 4.30. The van der Waals surface area contributed by atoms with Gasteiger partial charge in [0.2, 0.25) is 0 Å². The van der Waals surface area contributed by atoms with Crippen molar-refractivity contribution in [1.82, 2.24) is 15.2 Å². The minimum atomic E-state index is -0.472. The molecule has 0 spiro atoms. The second-order valence-corrected chi connectivity index (χ2v) is 6.03. The summed E-state index contributed by atoms with van der Waals surface area (Å²) in [5.74, 6) is 0.104. The van der Waals surface area contributed by atoms with Gasteiger partial charge < -0.3 is 24.4 Å². The number of aromatic amines is 1. The fourth-order valence-corrected chi connectivity index (χ4v) is 2.91. The smallest absolute Gasteiger partial charge is 0.409 e. The first-order valence-electron chi connectivity index (χ1n) is 8.58. The average Bonchev–Trinajstić information content (AvgIpc) is 3.17. The van der Waals surface area contributed by atoms with E-state index in [2.05, 4.69) is 10.3 Å². The minimum absolute atomic E-state index is 0.0492. The molecule has 26 heavy (non-hydrogen) atoms. The monoisotopic (exact) mass is 359 g/mol. The van der Waals surface area contributed by atoms with Gasteiger partial charge in [0.25, 0.3) is 11.5 Å². The molecule has 3 heterocycles. The molecular formula is C18H21N3O5. The van der Waals surface area contributed by atoms with Crippen LogP contribution in [0.15, 0.2) is 39.7 Å². The van der Waals surface area contributed by atoms with Crippen LogP contribution in [0.4, 0.5) is 4.79 Å². The predicted octanol–water partition coefficient (Wildman–Crippen LogP) is 1.99. The molecule has 1 aliphatic heterocycles. The molecule has 2 N–H and O–H groups in total. The summed E-state index contributed by atoms with van der Waals surface area (Å²) in [6.07, 6.45) is 2.42. The molecule has 0 atom stereocenters. The van der Waals surface area contributed by atoms with E-state index in [-0.39, 0.29) is 17.7 Å².